The van der Waals surface area contributed by atoms with Gasteiger partial charge in [-0.2, -0.15) is 0 Å². The lowest BCUT2D eigenvalue weighted by Crippen LogP contribution is -2.27. The van der Waals surface area contributed by atoms with Crippen LogP contribution in [0.15, 0.2) is 28.8 Å². The number of nitrogens with zero attached hydrogens (tertiary/aromatic N) is 1. The lowest BCUT2D eigenvalue weighted by atomic mass is 10.0. The van der Waals surface area contributed by atoms with E-state index in [4.69, 9.17) is 4.74 Å². The van der Waals surface area contributed by atoms with Crippen molar-refractivity contribution in [3.63, 3.8) is 0 Å². The zero-order chi connectivity index (χ0) is 13.1. The third-order valence-electron chi connectivity index (χ3n) is 2.69. The standard InChI is InChI=1S/C14H23NO2/c1-6-7-10(2)8-11(3)12(16)13-15-14(4,5)9-17-13/h6-8,11-12,16H,9H2,1-5H3/b7-6+,10-8-/t11-,12-/m1/s1. The first-order valence-electron chi connectivity index (χ1n) is 6.07. The van der Waals surface area contributed by atoms with Gasteiger partial charge in [-0.3, -0.25) is 0 Å². The highest BCUT2D eigenvalue weighted by molar-refractivity contribution is 5.83. The molecule has 96 valence electrons. The van der Waals surface area contributed by atoms with E-state index < -0.39 is 6.10 Å². The van der Waals surface area contributed by atoms with Crippen LogP contribution in [0, 0.1) is 5.92 Å². The molecule has 1 aliphatic rings. The summed E-state index contributed by atoms with van der Waals surface area (Å²) in [7, 11) is 0. The molecule has 0 aromatic carbocycles. The van der Waals surface area contributed by atoms with Crippen LogP contribution in [-0.4, -0.2) is 29.3 Å². The lowest BCUT2D eigenvalue weighted by molar-refractivity contribution is 0.163. The molecule has 2 atom stereocenters. The minimum Gasteiger partial charge on any atom is -0.477 e. The molecule has 1 heterocycles. The zero-order valence-corrected chi connectivity index (χ0v) is 11.4. The highest BCUT2D eigenvalue weighted by Gasteiger charge is 2.31. The average molecular weight is 237 g/mol. The minimum atomic E-state index is -0.656. The van der Waals surface area contributed by atoms with E-state index >= 15 is 0 Å². The molecule has 3 heteroatoms. The fraction of sp³-hybridized carbons (Fsp3) is 0.643. The number of hydrogen-bond donors (Lipinski definition) is 1. The Bertz CT molecular complexity index is 353. The van der Waals surface area contributed by atoms with Gasteiger partial charge in [-0.15, -0.1) is 0 Å². The van der Waals surface area contributed by atoms with Gasteiger partial charge in [-0.1, -0.05) is 30.7 Å². The molecule has 0 radical (unpaired) electrons. The highest BCUT2D eigenvalue weighted by Crippen LogP contribution is 2.21. The van der Waals surface area contributed by atoms with Gasteiger partial charge in [0, 0.05) is 5.92 Å². The maximum Gasteiger partial charge on any atom is 0.214 e. The van der Waals surface area contributed by atoms with Crippen molar-refractivity contribution in [1.82, 2.24) is 0 Å². The van der Waals surface area contributed by atoms with Crippen molar-refractivity contribution in [1.29, 1.82) is 0 Å². The average Bonchev–Trinajstić information content (AvgIpc) is 2.58. The molecule has 0 bridgehead atoms. The van der Waals surface area contributed by atoms with E-state index in [2.05, 4.69) is 4.99 Å². The summed E-state index contributed by atoms with van der Waals surface area (Å²) in [4.78, 5) is 4.39. The molecule has 3 nitrogen and oxygen atoms in total. The van der Waals surface area contributed by atoms with E-state index in [1.807, 2.05) is 52.8 Å². The largest absolute Gasteiger partial charge is 0.477 e. The summed E-state index contributed by atoms with van der Waals surface area (Å²) in [6.45, 7) is 10.5. The molecule has 0 amide bonds. The summed E-state index contributed by atoms with van der Waals surface area (Å²) < 4.78 is 5.45. The van der Waals surface area contributed by atoms with Crippen LogP contribution in [0.4, 0.5) is 0 Å². The molecule has 0 unspecified atom stereocenters. The van der Waals surface area contributed by atoms with Crippen LogP contribution in [0.5, 0.6) is 0 Å². The van der Waals surface area contributed by atoms with Gasteiger partial charge in [0.25, 0.3) is 0 Å². The van der Waals surface area contributed by atoms with Crippen molar-refractivity contribution in [3.05, 3.63) is 23.8 Å². The molecular formula is C14H23NO2. The highest BCUT2D eigenvalue weighted by atomic mass is 16.5. The van der Waals surface area contributed by atoms with E-state index in [0.29, 0.717) is 12.5 Å². The zero-order valence-electron chi connectivity index (χ0n) is 11.4. The van der Waals surface area contributed by atoms with Crippen molar-refractivity contribution in [2.45, 2.75) is 46.3 Å². The molecule has 0 aromatic heterocycles. The fourth-order valence-corrected chi connectivity index (χ4v) is 1.81. The quantitative estimate of drug-likeness (QED) is 0.764. The third kappa shape index (κ3) is 4.00. The maximum atomic E-state index is 10.1. The van der Waals surface area contributed by atoms with E-state index in [0.717, 1.165) is 5.57 Å². The molecule has 0 aliphatic carbocycles. The molecule has 0 saturated heterocycles. The Morgan fingerprint density at radius 1 is 1.53 bits per heavy atom. The monoisotopic (exact) mass is 237 g/mol. The molecule has 17 heavy (non-hydrogen) atoms. The summed E-state index contributed by atoms with van der Waals surface area (Å²) in [5.41, 5.74) is 0.926. The first-order valence-corrected chi connectivity index (χ1v) is 6.07. The van der Waals surface area contributed by atoms with Gasteiger partial charge in [-0.05, 0) is 27.7 Å². The number of aliphatic hydroxyl groups is 1. The molecule has 0 saturated carbocycles. The number of rotatable bonds is 4. The third-order valence-corrected chi connectivity index (χ3v) is 2.69. The Morgan fingerprint density at radius 2 is 2.18 bits per heavy atom. The minimum absolute atomic E-state index is 0.00106. The van der Waals surface area contributed by atoms with Gasteiger partial charge in [0.1, 0.15) is 12.7 Å². The second kappa shape index (κ2) is 5.50. The number of hydrogen-bond acceptors (Lipinski definition) is 3. The number of aliphatic hydroxyl groups excluding tert-OH is 1. The van der Waals surface area contributed by atoms with Crippen LogP contribution in [0.1, 0.15) is 34.6 Å². The summed E-state index contributed by atoms with van der Waals surface area (Å²) in [5.74, 6) is 0.464. The van der Waals surface area contributed by atoms with Crippen LogP contribution in [-0.2, 0) is 4.74 Å². The number of ether oxygens (including phenoxy) is 1. The van der Waals surface area contributed by atoms with E-state index in [1.54, 1.807) is 0 Å². The first kappa shape index (κ1) is 14.0. The van der Waals surface area contributed by atoms with Gasteiger partial charge in [0.2, 0.25) is 5.90 Å². The topological polar surface area (TPSA) is 41.8 Å². The normalized spacial score (nSPS) is 23.4. The predicted molar refractivity (Wildman–Crippen MR) is 71.2 cm³/mol. The second-order valence-corrected chi connectivity index (χ2v) is 5.27. The molecule has 0 spiro atoms. The van der Waals surface area contributed by atoms with Crippen molar-refractivity contribution in [2.75, 3.05) is 6.61 Å². The van der Waals surface area contributed by atoms with Crippen LogP contribution >= 0.6 is 0 Å². The van der Waals surface area contributed by atoms with Crippen molar-refractivity contribution in [3.8, 4) is 0 Å². The molecule has 1 aliphatic heterocycles. The Labute approximate surface area is 104 Å². The molecule has 1 rings (SSSR count). The fourth-order valence-electron chi connectivity index (χ4n) is 1.81. The smallest absolute Gasteiger partial charge is 0.214 e. The molecule has 0 aromatic rings. The van der Waals surface area contributed by atoms with Crippen molar-refractivity contribution in [2.24, 2.45) is 10.9 Å². The Morgan fingerprint density at radius 3 is 2.65 bits per heavy atom. The summed E-state index contributed by atoms with van der Waals surface area (Å²) in [6, 6.07) is 0. The van der Waals surface area contributed by atoms with E-state index in [9.17, 15) is 5.11 Å². The van der Waals surface area contributed by atoms with E-state index in [1.165, 1.54) is 0 Å². The van der Waals surface area contributed by atoms with Crippen LogP contribution in [0.3, 0.4) is 0 Å². The summed E-state index contributed by atoms with van der Waals surface area (Å²) in [5, 5.41) is 10.1. The van der Waals surface area contributed by atoms with Crippen LogP contribution in [0.25, 0.3) is 0 Å². The van der Waals surface area contributed by atoms with Gasteiger partial charge in [0.05, 0.1) is 5.54 Å². The lowest BCUT2D eigenvalue weighted by Gasteiger charge is -2.15. The molecule has 1 N–H and O–H groups in total. The Balaban J connectivity index is 2.71. The SMILES string of the molecule is C/C=C/C(C)=C\[C@@H](C)[C@@H](O)C1=NC(C)(C)CO1. The van der Waals surface area contributed by atoms with Gasteiger partial charge in [-0.25, -0.2) is 4.99 Å². The summed E-state index contributed by atoms with van der Waals surface area (Å²) >= 11 is 0. The van der Waals surface area contributed by atoms with Crippen molar-refractivity contribution < 1.29 is 9.84 Å². The second-order valence-electron chi connectivity index (χ2n) is 5.27. The van der Waals surface area contributed by atoms with Crippen LogP contribution < -0.4 is 0 Å². The molecular weight excluding hydrogens is 214 g/mol. The van der Waals surface area contributed by atoms with Gasteiger partial charge < -0.3 is 9.84 Å². The van der Waals surface area contributed by atoms with E-state index in [-0.39, 0.29) is 11.5 Å². The maximum absolute atomic E-state index is 10.1. The van der Waals surface area contributed by atoms with Crippen LogP contribution in [0.2, 0.25) is 0 Å². The number of allylic oxidation sites excluding steroid dienone is 3. The van der Waals surface area contributed by atoms with Gasteiger partial charge in [0.15, 0.2) is 0 Å². The number of aliphatic imine (C=N–C) groups is 1. The molecule has 0 fully saturated rings. The Kier molecular flexibility index (Phi) is 4.52. The summed E-state index contributed by atoms with van der Waals surface area (Å²) in [6.07, 6.45) is 5.38. The predicted octanol–water partition coefficient (Wildman–Crippen LogP) is 2.71. The Hall–Kier alpha value is -1.09. The first-order chi connectivity index (χ1) is 7.85. The van der Waals surface area contributed by atoms with Crippen molar-refractivity contribution >= 4 is 5.90 Å². The van der Waals surface area contributed by atoms with Gasteiger partial charge >= 0.3 is 0 Å².